The van der Waals surface area contributed by atoms with Crippen LogP contribution in [0.4, 0.5) is 0 Å². The second kappa shape index (κ2) is 4.97. The molecule has 1 unspecified atom stereocenters. The Balaban J connectivity index is 2.08. The smallest absolute Gasteiger partial charge is 0.294 e. The molecule has 0 saturated carbocycles. The van der Waals surface area contributed by atoms with Crippen molar-refractivity contribution < 1.29 is 9.53 Å². The largest absolute Gasteiger partial charge is 0.455 e. The van der Waals surface area contributed by atoms with Crippen molar-refractivity contribution in [1.29, 1.82) is 0 Å². The highest BCUT2D eigenvalue weighted by atomic mass is 16.5. The Kier molecular flexibility index (Phi) is 3.35. The number of fused-ring (bicyclic) bond motifs is 1. The third-order valence-corrected chi connectivity index (χ3v) is 4.71. The molecule has 22 heavy (non-hydrogen) atoms. The van der Waals surface area contributed by atoms with Gasteiger partial charge in [0.2, 0.25) is 0 Å². The third kappa shape index (κ3) is 2.23. The quantitative estimate of drug-likeness (QED) is 0.811. The number of rotatable bonds is 4. The van der Waals surface area contributed by atoms with Gasteiger partial charge in [0, 0.05) is 0 Å². The van der Waals surface area contributed by atoms with Gasteiger partial charge in [-0.2, -0.15) is 0 Å². The van der Waals surface area contributed by atoms with Crippen LogP contribution in [0.25, 0.3) is 0 Å². The van der Waals surface area contributed by atoms with Crippen molar-refractivity contribution in [3.63, 3.8) is 0 Å². The van der Waals surface area contributed by atoms with Crippen LogP contribution in [0.5, 0.6) is 0 Å². The zero-order valence-electron chi connectivity index (χ0n) is 13.5. The summed E-state index contributed by atoms with van der Waals surface area (Å²) in [5.74, 6) is 0. The molecule has 0 spiro atoms. The predicted octanol–water partition coefficient (Wildman–Crippen LogP) is 3.56. The van der Waals surface area contributed by atoms with Gasteiger partial charge in [0.05, 0.1) is 24.3 Å². The highest BCUT2D eigenvalue weighted by Gasteiger charge is 2.39. The summed E-state index contributed by atoms with van der Waals surface area (Å²) < 4.78 is 7.42. The molecule has 3 rings (SSSR count). The Morgan fingerprint density at radius 3 is 2.82 bits per heavy atom. The molecule has 1 aliphatic carbocycles. The average Bonchev–Trinajstić information content (AvgIpc) is 3.03. The number of ether oxygens (including phenoxy) is 1. The standard InChI is InChI=1S/C18H22N2O2/c1-17(2)9-15(13-7-5-6-8-14(13)17)20-11-19-10-16(20)18(3,4)22-12-21/h5-8,10-12,15H,9H2,1-4H3. The molecule has 0 N–H and O–H groups in total. The maximum absolute atomic E-state index is 10.8. The van der Waals surface area contributed by atoms with Crippen LogP contribution in [-0.2, 0) is 20.5 Å². The summed E-state index contributed by atoms with van der Waals surface area (Å²) in [6.07, 6.45) is 4.64. The van der Waals surface area contributed by atoms with E-state index >= 15 is 0 Å². The van der Waals surface area contributed by atoms with Gasteiger partial charge >= 0.3 is 0 Å². The molecule has 0 fully saturated rings. The topological polar surface area (TPSA) is 44.1 Å². The van der Waals surface area contributed by atoms with E-state index in [1.807, 2.05) is 20.2 Å². The summed E-state index contributed by atoms with van der Waals surface area (Å²) >= 11 is 0. The Morgan fingerprint density at radius 2 is 2.09 bits per heavy atom. The van der Waals surface area contributed by atoms with Crippen LogP contribution < -0.4 is 0 Å². The van der Waals surface area contributed by atoms with Crippen LogP contribution >= 0.6 is 0 Å². The van der Waals surface area contributed by atoms with Crippen LogP contribution in [0.3, 0.4) is 0 Å². The van der Waals surface area contributed by atoms with Gasteiger partial charge in [0.25, 0.3) is 6.47 Å². The Morgan fingerprint density at radius 1 is 1.36 bits per heavy atom. The summed E-state index contributed by atoms with van der Waals surface area (Å²) in [5, 5.41) is 0. The molecule has 0 amide bonds. The number of imidazole rings is 1. The lowest BCUT2D eigenvalue weighted by Gasteiger charge is -2.27. The summed E-state index contributed by atoms with van der Waals surface area (Å²) in [6.45, 7) is 8.83. The molecule has 116 valence electrons. The summed E-state index contributed by atoms with van der Waals surface area (Å²) in [5.41, 5.74) is 3.05. The van der Waals surface area contributed by atoms with Crippen LogP contribution in [0, 0.1) is 0 Å². The number of nitrogens with zero attached hydrogens (tertiary/aromatic N) is 2. The number of aromatic nitrogens is 2. The molecule has 2 aromatic rings. The predicted molar refractivity (Wildman–Crippen MR) is 84.6 cm³/mol. The molecule has 1 aromatic heterocycles. The second-order valence-electron chi connectivity index (χ2n) is 7.10. The van der Waals surface area contributed by atoms with Gasteiger partial charge in [-0.1, -0.05) is 38.1 Å². The van der Waals surface area contributed by atoms with Crippen molar-refractivity contribution in [2.45, 2.75) is 51.2 Å². The Labute approximate surface area is 131 Å². The number of benzene rings is 1. The van der Waals surface area contributed by atoms with Crippen LogP contribution in [-0.4, -0.2) is 16.0 Å². The molecular formula is C18H22N2O2. The summed E-state index contributed by atoms with van der Waals surface area (Å²) in [4.78, 5) is 15.1. The Bertz CT molecular complexity index is 701. The fourth-order valence-corrected chi connectivity index (χ4v) is 3.56. The van der Waals surface area contributed by atoms with Gasteiger partial charge < -0.3 is 9.30 Å². The minimum absolute atomic E-state index is 0.123. The minimum Gasteiger partial charge on any atom is -0.455 e. The number of carbonyl (C=O) groups is 1. The lowest BCUT2D eigenvalue weighted by atomic mass is 9.86. The maximum atomic E-state index is 10.8. The zero-order chi connectivity index (χ0) is 16.0. The van der Waals surface area contributed by atoms with Crippen molar-refractivity contribution >= 4 is 6.47 Å². The van der Waals surface area contributed by atoms with E-state index in [4.69, 9.17) is 4.74 Å². The molecule has 4 heteroatoms. The van der Waals surface area contributed by atoms with Crippen molar-refractivity contribution in [2.75, 3.05) is 0 Å². The lowest BCUT2D eigenvalue weighted by Crippen LogP contribution is -2.26. The summed E-state index contributed by atoms with van der Waals surface area (Å²) in [6, 6.07) is 8.79. The van der Waals surface area contributed by atoms with Crippen LogP contribution in [0.15, 0.2) is 36.8 Å². The van der Waals surface area contributed by atoms with E-state index in [0.717, 1.165) is 12.1 Å². The van der Waals surface area contributed by atoms with E-state index in [-0.39, 0.29) is 11.5 Å². The fourth-order valence-electron chi connectivity index (χ4n) is 3.56. The second-order valence-corrected chi connectivity index (χ2v) is 7.10. The normalized spacial score (nSPS) is 19.7. The first-order valence-corrected chi connectivity index (χ1v) is 7.60. The monoisotopic (exact) mass is 298 g/mol. The Hall–Kier alpha value is -2.10. The van der Waals surface area contributed by atoms with E-state index < -0.39 is 5.60 Å². The molecular weight excluding hydrogens is 276 g/mol. The first kappa shape index (κ1) is 14.8. The first-order chi connectivity index (χ1) is 10.4. The molecule has 1 atom stereocenters. The maximum Gasteiger partial charge on any atom is 0.294 e. The van der Waals surface area contributed by atoms with Crippen molar-refractivity contribution in [3.05, 3.63) is 53.6 Å². The van der Waals surface area contributed by atoms with Crippen molar-refractivity contribution in [3.8, 4) is 0 Å². The lowest BCUT2D eigenvalue weighted by molar-refractivity contribution is -0.141. The SMILES string of the molecule is CC1(C)CC(n2cncc2C(C)(C)OC=O)c2ccccc21. The van der Waals surface area contributed by atoms with Gasteiger partial charge in [-0.25, -0.2) is 4.98 Å². The molecule has 1 heterocycles. The van der Waals surface area contributed by atoms with E-state index in [1.165, 1.54) is 11.1 Å². The van der Waals surface area contributed by atoms with E-state index in [9.17, 15) is 4.79 Å². The van der Waals surface area contributed by atoms with Gasteiger partial charge in [-0.3, -0.25) is 4.79 Å². The highest BCUT2D eigenvalue weighted by Crippen LogP contribution is 2.47. The van der Waals surface area contributed by atoms with Crippen molar-refractivity contribution in [1.82, 2.24) is 9.55 Å². The molecule has 1 aliphatic rings. The zero-order valence-corrected chi connectivity index (χ0v) is 13.5. The fraction of sp³-hybridized carbons (Fsp3) is 0.444. The molecule has 0 aliphatic heterocycles. The van der Waals surface area contributed by atoms with Gasteiger partial charge in [0.15, 0.2) is 0 Å². The molecule has 0 bridgehead atoms. The average molecular weight is 298 g/mol. The van der Waals surface area contributed by atoms with E-state index in [1.54, 1.807) is 6.20 Å². The van der Waals surface area contributed by atoms with Crippen LogP contribution in [0.1, 0.15) is 57.0 Å². The van der Waals surface area contributed by atoms with Crippen molar-refractivity contribution in [2.24, 2.45) is 0 Å². The minimum atomic E-state index is -0.695. The first-order valence-electron chi connectivity index (χ1n) is 7.60. The number of hydrogen-bond acceptors (Lipinski definition) is 3. The van der Waals surface area contributed by atoms with Crippen LogP contribution in [0.2, 0.25) is 0 Å². The number of carbonyl (C=O) groups excluding carboxylic acids is 1. The highest BCUT2D eigenvalue weighted by molar-refractivity contribution is 5.43. The van der Waals surface area contributed by atoms with Gasteiger partial charge in [-0.05, 0) is 36.8 Å². The molecule has 0 radical (unpaired) electrons. The van der Waals surface area contributed by atoms with Gasteiger partial charge in [0.1, 0.15) is 5.60 Å². The van der Waals surface area contributed by atoms with E-state index in [0.29, 0.717) is 6.47 Å². The molecule has 4 nitrogen and oxygen atoms in total. The molecule has 0 saturated heterocycles. The van der Waals surface area contributed by atoms with Gasteiger partial charge in [-0.15, -0.1) is 0 Å². The third-order valence-electron chi connectivity index (χ3n) is 4.71. The molecule has 1 aromatic carbocycles. The summed E-state index contributed by atoms with van der Waals surface area (Å²) in [7, 11) is 0. The van der Waals surface area contributed by atoms with E-state index in [2.05, 4.69) is 47.7 Å². The number of hydrogen-bond donors (Lipinski definition) is 0.